The molecule has 7 heteroatoms. The van der Waals surface area contributed by atoms with Gasteiger partial charge in [0.25, 0.3) is 11.8 Å². The third kappa shape index (κ3) is 4.75. The molecule has 40 heavy (non-hydrogen) atoms. The van der Waals surface area contributed by atoms with Crippen LogP contribution in [0.2, 0.25) is 5.02 Å². The first-order valence-electron chi connectivity index (χ1n) is 12.6. The minimum atomic E-state index is -0.555. The number of rotatable bonds is 5. The molecule has 6 rings (SSSR count). The summed E-state index contributed by atoms with van der Waals surface area (Å²) in [5, 5.41) is 3.13. The van der Waals surface area contributed by atoms with Crippen LogP contribution in [0.4, 0.5) is 5.69 Å². The van der Waals surface area contributed by atoms with Gasteiger partial charge >= 0.3 is 0 Å². The van der Waals surface area contributed by atoms with Gasteiger partial charge < -0.3 is 4.57 Å². The summed E-state index contributed by atoms with van der Waals surface area (Å²) >= 11 is 11.6. The lowest BCUT2D eigenvalue weighted by Gasteiger charge is -2.29. The molecule has 2 amide bonds. The minimum absolute atomic E-state index is 0.00419. The molecule has 1 aliphatic heterocycles. The number of para-hydroxylation sites is 1. The van der Waals surface area contributed by atoms with E-state index in [1.165, 1.54) is 4.90 Å². The number of anilines is 1. The van der Waals surface area contributed by atoms with Gasteiger partial charge in [-0.1, -0.05) is 96.5 Å². The number of carbonyl (C=O) groups excluding carboxylic acids is 2. The second-order valence-corrected chi connectivity index (χ2v) is 10.00. The first kappa shape index (κ1) is 25.5. The smallest absolute Gasteiger partial charge is 0.270 e. The molecule has 1 fully saturated rings. The fraction of sp³-hybridized carbons (Fsp3) is 0. The summed E-state index contributed by atoms with van der Waals surface area (Å²) < 4.78 is 2.15. The molecule has 0 aliphatic carbocycles. The van der Waals surface area contributed by atoms with Crippen molar-refractivity contribution in [2.24, 2.45) is 0 Å². The number of halogens is 1. The quantitative estimate of drug-likeness (QED) is 0.140. The molecule has 1 aliphatic rings. The highest BCUT2D eigenvalue weighted by molar-refractivity contribution is 7.80. The second kappa shape index (κ2) is 10.8. The van der Waals surface area contributed by atoms with Gasteiger partial charge in [0.15, 0.2) is 5.11 Å². The molecule has 1 aromatic heterocycles. The monoisotopic (exact) mass is 559 g/mol. The van der Waals surface area contributed by atoms with Gasteiger partial charge in [-0.05, 0) is 65.8 Å². The van der Waals surface area contributed by atoms with Crippen LogP contribution in [0.1, 0.15) is 5.56 Å². The Labute approximate surface area is 242 Å². The highest BCUT2D eigenvalue weighted by Gasteiger charge is 2.35. The highest BCUT2D eigenvalue weighted by atomic mass is 35.5. The summed E-state index contributed by atoms with van der Waals surface area (Å²) in [6, 6.07) is 38.8. The Balaban J connectivity index is 1.59. The Hall–Kier alpha value is -4.78. The zero-order valence-electron chi connectivity index (χ0n) is 21.1. The fourth-order valence-corrected chi connectivity index (χ4v) is 5.33. The van der Waals surface area contributed by atoms with Gasteiger partial charge in [0, 0.05) is 16.3 Å². The zero-order valence-corrected chi connectivity index (χ0v) is 22.7. The number of aromatic nitrogens is 1. The lowest BCUT2D eigenvalue weighted by atomic mass is 10.0. The van der Waals surface area contributed by atoms with E-state index in [9.17, 15) is 9.59 Å². The van der Waals surface area contributed by atoms with Crippen LogP contribution in [-0.4, -0.2) is 21.5 Å². The molecule has 194 valence electrons. The van der Waals surface area contributed by atoms with E-state index in [-0.39, 0.29) is 10.7 Å². The number of hydrogen-bond acceptors (Lipinski definition) is 3. The van der Waals surface area contributed by atoms with Crippen LogP contribution in [0.15, 0.2) is 127 Å². The first-order valence-corrected chi connectivity index (χ1v) is 13.4. The molecule has 0 atom stereocenters. The lowest BCUT2D eigenvalue weighted by molar-refractivity contribution is -0.122. The van der Waals surface area contributed by atoms with E-state index < -0.39 is 11.8 Å². The van der Waals surface area contributed by atoms with Gasteiger partial charge in [-0.3, -0.25) is 19.8 Å². The fourth-order valence-electron chi connectivity index (χ4n) is 4.86. The van der Waals surface area contributed by atoms with E-state index in [4.69, 9.17) is 23.8 Å². The van der Waals surface area contributed by atoms with Crippen molar-refractivity contribution >= 4 is 52.5 Å². The predicted molar refractivity (Wildman–Crippen MR) is 164 cm³/mol. The largest absolute Gasteiger partial charge is 0.309 e. The van der Waals surface area contributed by atoms with Gasteiger partial charge in [0.2, 0.25) is 0 Å². The zero-order chi connectivity index (χ0) is 27.6. The van der Waals surface area contributed by atoms with Gasteiger partial charge in [0.1, 0.15) is 5.57 Å². The predicted octanol–water partition coefficient (Wildman–Crippen LogP) is 7.30. The first-order chi connectivity index (χ1) is 19.5. The molecule has 0 unspecified atom stereocenters. The number of thiocarbonyl (C=S) groups is 1. The van der Waals surface area contributed by atoms with Crippen LogP contribution in [0.3, 0.4) is 0 Å². The van der Waals surface area contributed by atoms with Crippen molar-refractivity contribution in [2.45, 2.75) is 0 Å². The number of benzene rings is 4. The van der Waals surface area contributed by atoms with E-state index in [1.807, 2.05) is 97.1 Å². The van der Waals surface area contributed by atoms with Crippen LogP contribution in [-0.2, 0) is 9.59 Å². The maximum absolute atomic E-state index is 13.8. The highest BCUT2D eigenvalue weighted by Crippen LogP contribution is 2.37. The Morgan fingerprint density at radius 3 is 1.95 bits per heavy atom. The molecule has 5 aromatic rings. The molecule has 2 heterocycles. The molecule has 0 radical (unpaired) electrons. The van der Waals surface area contributed by atoms with Crippen molar-refractivity contribution in [3.63, 3.8) is 0 Å². The molecule has 0 spiro atoms. The number of nitrogens with zero attached hydrogens (tertiary/aromatic N) is 2. The summed E-state index contributed by atoms with van der Waals surface area (Å²) in [6.07, 6.45) is 1.64. The summed E-state index contributed by atoms with van der Waals surface area (Å²) in [4.78, 5) is 28.3. The van der Waals surface area contributed by atoms with Crippen LogP contribution in [0.25, 0.3) is 34.3 Å². The Morgan fingerprint density at radius 2 is 1.30 bits per heavy atom. The Morgan fingerprint density at radius 1 is 0.700 bits per heavy atom. The van der Waals surface area contributed by atoms with Crippen LogP contribution in [0, 0.1) is 0 Å². The standard InChI is InChI=1S/C33H22ClN3O2S/c34-25-15-10-18-27(21-25)37-32(39)28(31(38)35-33(37)40)19-24-20-29(22-11-4-1-5-12-22)36(26-16-8-3-9-17-26)30(24)23-13-6-2-7-14-23/h1-21H,(H,35,38,40). The van der Waals surface area contributed by atoms with Crippen molar-refractivity contribution < 1.29 is 9.59 Å². The summed E-state index contributed by atoms with van der Waals surface area (Å²) in [6.45, 7) is 0. The summed E-state index contributed by atoms with van der Waals surface area (Å²) in [5.41, 5.74) is 5.81. The van der Waals surface area contributed by atoms with Crippen molar-refractivity contribution in [3.05, 3.63) is 137 Å². The third-order valence-corrected chi connectivity index (χ3v) is 7.15. The SMILES string of the molecule is O=C1NC(=S)N(c2cccc(Cl)c2)C(=O)C1=Cc1cc(-c2ccccc2)n(-c2ccccc2)c1-c1ccccc1. The molecule has 4 aromatic carbocycles. The molecule has 1 saturated heterocycles. The average molecular weight is 560 g/mol. The Kier molecular flexibility index (Phi) is 6.86. The van der Waals surface area contributed by atoms with Gasteiger partial charge in [-0.2, -0.15) is 0 Å². The molecule has 0 saturated carbocycles. The van der Waals surface area contributed by atoms with Crippen molar-refractivity contribution in [1.29, 1.82) is 0 Å². The van der Waals surface area contributed by atoms with Crippen molar-refractivity contribution in [1.82, 2.24) is 9.88 Å². The van der Waals surface area contributed by atoms with Gasteiger partial charge in [0.05, 0.1) is 17.1 Å². The Bertz CT molecular complexity index is 1780. The topological polar surface area (TPSA) is 54.3 Å². The lowest BCUT2D eigenvalue weighted by Crippen LogP contribution is -2.54. The number of nitrogens with one attached hydrogen (secondary N) is 1. The molecule has 5 nitrogen and oxygen atoms in total. The second-order valence-electron chi connectivity index (χ2n) is 9.17. The minimum Gasteiger partial charge on any atom is -0.309 e. The van der Waals surface area contributed by atoms with E-state index in [0.717, 1.165) is 28.2 Å². The van der Waals surface area contributed by atoms with Crippen molar-refractivity contribution in [3.8, 4) is 28.2 Å². The maximum atomic E-state index is 13.8. The molecule has 0 bridgehead atoms. The molecular formula is C33H22ClN3O2S. The van der Waals surface area contributed by atoms with Crippen molar-refractivity contribution in [2.75, 3.05) is 4.90 Å². The molecule has 1 N–H and O–H groups in total. The summed E-state index contributed by atoms with van der Waals surface area (Å²) in [5.74, 6) is -1.08. The van der Waals surface area contributed by atoms with Crippen LogP contribution < -0.4 is 10.2 Å². The van der Waals surface area contributed by atoms with Gasteiger partial charge in [-0.25, -0.2) is 0 Å². The maximum Gasteiger partial charge on any atom is 0.270 e. The van der Waals surface area contributed by atoms with E-state index in [2.05, 4.69) is 9.88 Å². The summed E-state index contributed by atoms with van der Waals surface area (Å²) in [7, 11) is 0. The number of amides is 2. The number of carbonyl (C=O) groups is 2. The van der Waals surface area contributed by atoms with Crippen LogP contribution >= 0.6 is 23.8 Å². The normalized spacial score (nSPS) is 14.5. The van der Waals surface area contributed by atoms with E-state index in [0.29, 0.717) is 16.3 Å². The molecular weight excluding hydrogens is 538 g/mol. The van der Waals surface area contributed by atoms with E-state index in [1.54, 1.807) is 30.3 Å². The average Bonchev–Trinajstić information content (AvgIpc) is 3.36. The van der Waals surface area contributed by atoms with Crippen LogP contribution in [0.5, 0.6) is 0 Å². The number of hydrogen-bond donors (Lipinski definition) is 1. The van der Waals surface area contributed by atoms with E-state index >= 15 is 0 Å². The van der Waals surface area contributed by atoms with Gasteiger partial charge in [-0.15, -0.1) is 0 Å². The third-order valence-electron chi connectivity index (χ3n) is 6.63.